The van der Waals surface area contributed by atoms with Gasteiger partial charge in [-0.3, -0.25) is 4.90 Å². The second-order valence-electron chi connectivity index (χ2n) is 6.00. The van der Waals surface area contributed by atoms with Crippen LogP contribution in [0.5, 0.6) is 0 Å². The molecule has 4 nitrogen and oxygen atoms in total. The highest BCUT2D eigenvalue weighted by Gasteiger charge is 2.46. The van der Waals surface area contributed by atoms with Gasteiger partial charge in [0, 0.05) is 6.42 Å². The minimum absolute atomic E-state index is 0. The predicted molar refractivity (Wildman–Crippen MR) is 78.4 cm³/mol. The highest BCUT2D eigenvalue weighted by Crippen LogP contribution is 2.43. The van der Waals surface area contributed by atoms with Gasteiger partial charge in [0.15, 0.2) is 0 Å². The Bertz CT molecular complexity index is 535. The number of anilines is 1. The number of likely N-dealkylation sites (N-methyl/N-ethyl adjacent to an activating group) is 1. The van der Waals surface area contributed by atoms with Crippen molar-refractivity contribution in [3.8, 4) is 0 Å². The first kappa shape index (κ1) is 16.1. The summed E-state index contributed by atoms with van der Waals surface area (Å²) in [5, 5.41) is 0. The molecule has 1 amide bonds. The van der Waals surface area contributed by atoms with Crippen LogP contribution in [0.25, 0.3) is 0 Å². The third-order valence-electron chi connectivity index (χ3n) is 4.54. The van der Waals surface area contributed by atoms with Crippen LogP contribution in [0.15, 0.2) is 18.2 Å². The number of benzene rings is 1. The number of hydrogen-bond acceptors (Lipinski definition) is 2. The largest absolute Gasteiger partial charge is 1.00 e. The molecule has 0 radical (unpaired) electrons. The number of carbonyl (C=O) groups excluding carboxylic acids is 1. The summed E-state index contributed by atoms with van der Waals surface area (Å²) in [4.78, 5) is 15.8. The molecule has 0 saturated carbocycles. The Hall–Kier alpha value is -1.26. The molecule has 0 bridgehead atoms. The number of piperidine rings is 1. The molecule has 2 aliphatic heterocycles. The van der Waals surface area contributed by atoms with Crippen molar-refractivity contribution in [2.75, 3.05) is 31.6 Å². The molecule has 0 spiro atoms. The van der Waals surface area contributed by atoms with Crippen LogP contribution in [0, 0.1) is 6.92 Å². The minimum atomic E-state index is -0.190. The molecule has 1 N–H and O–H groups in total. The van der Waals surface area contributed by atoms with Gasteiger partial charge in [0.2, 0.25) is 0 Å². The molecule has 1 saturated heterocycles. The number of likely N-dealkylation sites (tertiary alicyclic amines) is 1. The summed E-state index contributed by atoms with van der Waals surface area (Å²) in [5.41, 5.74) is 3.64. The molecular formula is C16H23ClN2O2. The number of rotatable bonds is 1. The van der Waals surface area contributed by atoms with E-state index in [4.69, 9.17) is 4.74 Å². The first-order valence-electron chi connectivity index (χ1n) is 7.49. The van der Waals surface area contributed by atoms with E-state index < -0.39 is 0 Å². The molecule has 1 aromatic carbocycles. The highest BCUT2D eigenvalue weighted by molar-refractivity contribution is 5.92. The SMILES string of the molecule is CCOC(=O)N1c2ccc(C)cc2[C@@H]2C[NH+](C)CC[C@@H]21.[Cl-]. The zero-order chi connectivity index (χ0) is 14.3. The molecule has 3 rings (SSSR count). The lowest BCUT2D eigenvalue weighted by atomic mass is 9.89. The number of fused-ring (bicyclic) bond motifs is 3. The highest BCUT2D eigenvalue weighted by atomic mass is 35.5. The molecule has 2 aliphatic rings. The standard InChI is InChI=1S/C16H22N2O2.ClH/c1-4-20-16(19)18-14-6-5-11(2)9-12(14)13-10-17(3)8-7-15(13)18;/h5-6,9,13,15H,4,7-8,10H2,1-3H3;1H/t13-,15-;/m0./s1. The number of quaternary nitrogens is 1. The number of aryl methyl sites for hydroxylation is 1. The molecule has 2 heterocycles. The first-order valence-corrected chi connectivity index (χ1v) is 7.49. The molecule has 21 heavy (non-hydrogen) atoms. The fourth-order valence-electron chi connectivity index (χ4n) is 3.63. The van der Waals surface area contributed by atoms with E-state index >= 15 is 0 Å². The maximum absolute atomic E-state index is 12.3. The van der Waals surface area contributed by atoms with Crippen LogP contribution in [-0.4, -0.2) is 38.9 Å². The van der Waals surface area contributed by atoms with E-state index in [1.807, 2.05) is 11.8 Å². The van der Waals surface area contributed by atoms with Gasteiger partial charge < -0.3 is 22.0 Å². The van der Waals surface area contributed by atoms with Crippen molar-refractivity contribution in [3.63, 3.8) is 0 Å². The maximum atomic E-state index is 12.3. The normalized spacial score (nSPS) is 26.6. The Morgan fingerprint density at radius 2 is 2.24 bits per heavy atom. The Labute approximate surface area is 132 Å². The topological polar surface area (TPSA) is 34.0 Å². The summed E-state index contributed by atoms with van der Waals surface area (Å²) in [7, 11) is 2.23. The van der Waals surface area contributed by atoms with Gasteiger partial charge in [-0.15, -0.1) is 0 Å². The van der Waals surface area contributed by atoms with Crippen LogP contribution < -0.4 is 22.2 Å². The van der Waals surface area contributed by atoms with E-state index in [-0.39, 0.29) is 24.5 Å². The number of amides is 1. The third-order valence-corrected chi connectivity index (χ3v) is 4.54. The molecule has 0 aromatic heterocycles. The second-order valence-corrected chi connectivity index (χ2v) is 6.00. The third kappa shape index (κ3) is 2.74. The summed E-state index contributed by atoms with van der Waals surface area (Å²) in [6, 6.07) is 6.67. The maximum Gasteiger partial charge on any atom is 0.414 e. The first-order chi connectivity index (χ1) is 9.61. The van der Waals surface area contributed by atoms with E-state index in [2.05, 4.69) is 32.2 Å². The molecule has 1 aromatic rings. The van der Waals surface area contributed by atoms with Gasteiger partial charge in [0.05, 0.1) is 44.4 Å². The summed E-state index contributed by atoms with van der Waals surface area (Å²) in [5.74, 6) is 0.447. The van der Waals surface area contributed by atoms with E-state index in [1.54, 1.807) is 4.90 Å². The van der Waals surface area contributed by atoms with Gasteiger partial charge in [-0.2, -0.15) is 0 Å². The van der Waals surface area contributed by atoms with Gasteiger partial charge in [0.1, 0.15) is 0 Å². The van der Waals surface area contributed by atoms with Crippen LogP contribution in [0.4, 0.5) is 10.5 Å². The van der Waals surface area contributed by atoms with Crippen molar-refractivity contribution in [3.05, 3.63) is 29.3 Å². The molecular weight excluding hydrogens is 288 g/mol. The molecule has 0 aliphatic carbocycles. The van der Waals surface area contributed by atoms with Crippen molar-refractivity contribution in [2.24, 2.45) is 0 Å². The summed E-state index contributed by atoms with van der Waals surface area (Å²) in [6.45, 7) is 6.61. The van der Waals surface area contributed by atoms with E-state index in [0.29, 0.717) is 12.5 Å². The van der Waals surface area contributed by atoms with Crippen LogP contribution in [0.3, 0.4) is 0 Å². The van der Waals surface area contributed by atoms with Crippen LogP contribution in [0.1, 0.15) is 30.4 Å². The molecule has 1 unspecified atom stereocenters. The fraction of sp³-hybridized carbons (Fsp3) is 0.562. The van der Waals surface area contributed by atoms with Crippen LogP contribution >= 0.6 is 0 Å². The molecule has 3 atom stereocenters. The number of nitrogens with zero attached hydrogens (tertiary/aromatic N) is 1. The average Bonchev–Trinajstić information content (AvgIpc) is 2.72. The van der Waals surface area contributed by atoms with Crippen LogP contribution in [-0.2, 0) is 4.74 Å². The fourth-order valence-corrected chi connectivity index (χ4v) is 3.63. The van der Waals surface area contributed by atoms with Crippen molar-refractivity contribution in [1.82, 2.24) is 0 Å². The van der Waals surface area contributed by atoms with E-state index in [9.17, 15) is 4.79 Å². The minimum Gasteiger partial charge on any atom is -1.00 e. The number of hydrogen-bond donors (Lipinski definition) is 1. The van der Waals surface area contributed by atoms with Crippen molar-refractivity contribution in [1.29, 1.82) is 0 Å². The number of nitrogens with one attached hydrogen (secondary N) is 1. The Morgan fingerprint density at radius 3 is 2.95 bits per heavy atom. The smallest absolute Gasteiger partial charge is 0.414 e. The number of carbonyl (C=O) groups is 1. The lowest BCUT2D eigenvalue weighted by Crippen LogP contribution is -3.11. The zero-order valence-electron chi connectivity index (χ0n) is 12.9. The lowest BCUT2D eigenvalue weighted by molar-refractivity contribution is -0.886. The van der Waals surface area contributed by atoms with Gasteiger partial charge in [-0.05, 0) is 25.5 Å². The van der Waals surface area contributed by atoms with Gasteiger partial charge in [-0.1, -0.05) is 17.7 Å². The number of halogens is 1. The van der Waals surface area contributed by atoms with E-state index in [1.165, 1.54) is 11.1 Å². The van der Waals surface area contributed by atoms with Gasteiger partial charge >= 0.3 is 6.09 Å². The Kier molecular flexibility index (Phi) is 4.79. The van der Waals surface area contributed by atoms with Crippen molar-refractivity contribution < 1.29 is 26.8 Å². The Balaban J connectivity index is 0.00000161. The summed E-state index contributed by atoms with van der Waals surface area (Å²) < 4.78 is 5.27. The zero-order valence-corrected chi connectivity index (χ0v) is 13.6. The number of ether oxygens (including phenoxy) is 1. The quantitative estimate of drug-likeness (QED) is 0.674. The predicted octanol–water partition coefficient (Wildman–Crippen LogP) is -1.65. The molecule has 5 heteroatoms. The average molecular weight is 311 g/mol. The van der Waals surface area contributed by atoms with Gasteiger partial charge in [-0.25, -0.2) is 4.79 Å². The van der Waals surface area contributed by atoms with Crippen molar-refractivity contribution in [2.45, 2.75) is 32.2 Å². The summed E-state index contributed by atoms with van der Waals surface area (Å²) >= 11 is 0. The molecule has 116 valence electrons. The molecule has 1 fully saturated rings. The van der Waals surface area contributed by atoms with Gasteiger partial charge in [0.25, 0.3) is 0 Å². The summed E-state index contributed by atoms with van der Waals surface area (Å²) in [6.07, 6.45) is 0.855. The monoisotopic (exact) mass is 310 g/mol. The van der Waals surface area contributed by atoms with Crippen LogP contribution in [0.2, 0.25) is 0 Å². The van der Waals surface area contributed by atoms with E-state index in [0.717, 1.165) is 25.2 Å². The van der Waals surface area contributed by atoms with Crippen molar-refractivity contribution >= 4 is 11.8 Å². The Morgan fingerprint density at radius 1 is 1.48 bits per heavy atom. The lowest BCUT2D eigenvalue weighted by Gasteiger charge is -2.33. The second kappa shape index (κ2) is 6.24.